The Kier molecular flexibility index (Phi) is 3.86. The van der Waals surface area contributed by atoms with E-state index in [2.05, 4.69) is 20.2 Å². The fourth-order valence-electron chi connectivity index (χ4n) is 3.16. The molecule has 0 bridgehead atoms. The molecule has 138 valence electrons. The summed E-state index contributed by atoms with van der Waals surface area (Å²) < 4.78 is 9.06. The molecule has 0 aliphatic rings. The number of benzene rings is 1. The van der Waals surface area contributed by atoms with Gasteiger partial charge in [0.05, 0.1) is 31.6 Å². The van der Waals surface area contributed by atoms with Crippen LogP contribution in [0.1, 0.15) is 5.56 Å². The minimum absolute atomic E-state index is 0.613. The second kappa shape index (κ2) is 6.66. The minimum atomic E-state index is 0.613. The van der Waals surface area contributed by atoms with E-state index in [1.54, 1.807) is 30.4 Å². The third-order valence-corrected chi connectivity index (χ3v) is 4.53. The summed E-state index contributed by atoms with van der Waals surface area (Å²) in [6, 6.07) is 11.7. The monoisotopic (exact) mass is 371 g/mol. The van der Waals surface area contributed by atoms with Crippen molar-refractivity contribution in [3.8, 4) is 22.8 Å². The minimum Gasteiger partial charge on any atom is -0.494 e. The summed E-state index contributed by atoms with van der Waals surface area (Å²) in [5, 5.41) is 8.88. The summed E-state index contributed by atoms with van der Waals surface area (Å²) >= 11 is 0. The van der Waals surface area contributed by atoms with Gasteiger partial charge >= 0.3 is 0 Å². The van der Waals surface area contributed by atoms with Crippen LogP contribution in [0.2, 0.25) is 0 Å². The quantitative estimate of drug-likeness (QED) is 0.513. The second-order valence-electron chi connectivity index (χ2n) is 6.33. The van der Waals surface area contributed by atoms with Crippen LogP contribution in [0.25, 0.3) is 28.2 Å². The Morgan fingerprint density at radius 2 is 1.96 bits per heavy atom. The molecule has 0 unspecified atom stereocenters. The largest absolute Gasteiger partial charge is 0.494 e. The topological polar surface area (TPSA) is 86.4 Å². The molecule has 8 nitrogen and oxygen atoms in total. The number of imidazole rings is 1. The zero-order chi connectivity index (χ0) is 18.9. The smallest absolute Gasteiger partial charge is 0.177 e. The normalized spacial score (nSPS) is 11.2. The van der Waals surface area contributed by atoms with Crippen LogP contribution in [0.5, 0.6) is 5.75 Å². The maximum absolute atomic E-state index is 5.42. The number of aromatic nitrogens is 7. The first-order valence-electron chi connectivity index (χ1n) is 8.80. The molecule has 4 heterocycles. The van der Waals surface area contributed by atoms with Crippen LogP contribution in [0.3, 0.4) is 0 Å². The predicted octanol–water partition coefficient (Wildman–Crippen LogP) is 3.06. The van der Waals surface area contributed by atoms with Crippen LogP contribution in [-0.2, 0) is 6.54 Å². The molecule has 8 heteroatoms. The average Bonchev–Trinajstić information content (AvgIpc) is 3.45. The molecule has 0 spiro atoms. The fourth-order valence-corrected chi connectivity index (χ4v) is 3.16. The van der Waals surface area contributed by atoms with Crippen molar-refractivity contribution in [1.29, 1.82) is 0 Å². The Balaban J connectivity index is 1.48. The molecule has 0 radical (unpaired) electrons. The molecule has 5 aromatic rings. The van der Waals surface area contributed by atoms with Crippen molar-refractivity contribution in [1.82, 2.24) is 34.5 Å². The Morgan fingerprint density at radius 3 is 2.82 bits per heavy atom. The first kappa shape index (κ1) is 16.2. The summed E-state index contributed by atoms with van der Waals surface area (Å²) in [6.45, 7) is 0.613. The molecule has 0 aliphatic carbocycles. The number of fused-ring (bicyclic) bond motifs is 1. The van der Waals surface area contributed by atoms with Crippen molar-refractivity contribution in [3.63, 3.8) is 0 Å². The van der Waals surface area contributed by atoms with E-state index >= 15 is 0 Å². The lowest BCUT2D eigenvalue weighted by Crippen LogP contribution is -2.02. The summed E-state index contributed by atoms with van der Waals surface area (Å²) in [6.07, 6.45) is 9.08. The zero-order valence-corrected chi connectivity index (χ0v) is 15.1. The summed E-state index contributed by atoms with van der Waals surface area (Å²) in [5.74, 6) is 1.50. The van der Waals surface area contributed by atoms with Crippen LogP contribution in [0.15, 0.2) is 67.4 Å². The van der Waals surface area contributed by atoms with E-state index < -0.39 is 0 Å². The molecular formula is C20H17N7O. The van der Waals surface area contributed by atoms with Crippen molar-refractivity contribution in [2.24, 2.45) is 0 Å². The van der Waals surface area contributed by atoms with E-state index in [4.69, 9.17) is 9.72 Å². The number of nitrogens with zero attached hydrogens (tertiary/aromatic N) is 6. The zero-order valence-electron chi connectivity index (χ0n) is 15.1. The highest BCUT2D eigenvalue weighted by molar-refractivity contribution is 5.75. The van der Waals surface area contributed by atoms with E-state index in [1.807, 2.05) is 53.5 Å². The first-order chi connectivity index (χ1) is 13.8. The van der Waals surface area contributed by atoms with E-state index in [1.165, 1.54) is 0 Å². The SMILES string of the molecule is COc1ccccc1-n1cc(-c2nc3c(cnn3Cc3cccnc3)[nH]2)cn1. The maximum Gasteiger partial charge on any atom is 0.177 e. The van der Waals surface area contributed by atoms with Crippen molar-refractivity contribution >= 4 is 11.2 Å². The van der Waals surface area contributed by atoms with Crippen LogP contribution in [-0.4, -0.2) is 41.6 Å². The van der Waals surface area contributed by atoms with Crippen molar-refractivity contribution in [3.05, 3.63) is 72.9 Å². The summed E-state index contributed by atoms with van der Waals surface area (Å²) in [7, 11) is 1.65. The molecule has 4 aromatic heterocycles. The van der Waals surface area contributed by atoms with Crippen LogP contribution in [0, 0.1) is 0 Å². The molecule has 0 fully saturated rings. The van der Waals surface area contributed by atoms with Crippen LogP contribution >= 0.6 is 0 Å². The number of nitrogens with one attached hydrogen (secondary N) is 1. The Labute approximate surface area is 160 Å². The standard InChI is InChI=1S/C20H17N7O/c1-28-18-7-3-2-6-17(18)26-13-15(10-22-26)19-24-16-11-23-27(20(16)25-19)12-14-5-4-8-21-9-14/h2-11,13H,12H2,1H3,(H,24,25). The molecule has 1 N–H and O–H groups in total. The molecule has 28 heavy (non-hydrogen) atoms. The number of rotatable bonds is 5. The number of aromatic amines is 1. The lowest BCUT2D eigenvalue weighted by Gasteiger charge is -2.07. The number of pyridine rings is 1. The van der Waals surface area contributed by atoms with Crippen molar-refractivity contribution in [2.75, 3.05) is 7.11 Å². The van der Waals surface area contributed by atoms with E-state index in [0.717, 1.165) is 39.6 Å². The number of ether oxygens (including phenoxy) is 1. The van der Waals surface area contributed by atoms with Gasteiger partial charge in [0.25, 0.3) is 0 Å². The molecule has 0 saturated heterocycles. The van der Waals surface area contributed by atoms with Gasteiger partial charge in [-0.05, 0) is 23.8 Å². The van der Waals surface area contributed by atoms with Crippen molar-refractivity contribution < 1.29 is 4.74 Å². The highest BCUT2D eigenvalue weighted by Gasteiger charge is 2.14. The second-order valence-corrected chi connectivity index (χ2v) is 6.33. The van der Waals surface area contributed by atoms with Gasteiger partial charge < -0.3 is 9.72 Å². The van der Waals surface area contributed by atoms with Gasteiger partial charge in [-0.25, -0.2) is 14.3 Å². The van der Waals surface area contributed by atoms with Gasteiger partial charge in [0.15, 0.2) is 5.65 Å². The number of H-pyrrole nitrogens is 1. The third-order valence-electron chi connectivity index (χ3n) is 4.53. The molecule has 0 aliphatic heterocycles. The molecule has 0 saturated carbocycles. The van der Waals surface area contributed by atoms with Gasteiger partial charge in [-0.3, -0.25) is 4.98 Å². The number of methoxy groups -OCH3 is 1. The van der Waals surface area contributed by atoms with Gasteiger partial charge in [0, 0.05) is 18.6 Å². The fraction of sp³-hybridized carbons (Fsp3) is 0.100. The number of para-hydroxylation sites is 2. The lowest BCUT2D eigenvalue weighted by molar-refractivity contribution is 0.411. The van der Waals surface area contributed by atoms with Gasteiger partial charge in [0.1, 0.15) is 22.8 Å². The highest BCUT2D eigenvalue weighted by atomic mass is 16.5. The Bertz CT molecular complexity index is 1240. The summed E-state index contributed by atoms with van der Waals surface area (Å²) in [5.41, 5.74) is 4.50. The first-order valence-corrected chi connectivity index (χ1v) is 8.80. The number of hydrogen-bond donors (Lipinski definition) is 1. The lowest BCUT2D eigenvalue weighted by atomic mass is 10.3. The third kappa shape index (κ3) is 2.81. The summed E-state index contributed by atoms with van der Waals surface area (Å²) in [4.78, 5) is 12.2. The van der Waals surface area contributed by atoms with E-state index in [-0.39, 0.29) is 0 Å². The van der Waals surface area contributed by atoms with E-state index in [0.29, 0.717) is 6.54 Å². The molecule has 5 rings (SSSR count). The van der Waals surface area contributed by atoms with Crippen LogP contribution < -0.4 is 4.74 Å². The van der Waals surface area contributed by atoms with Crippen molar-refractivity contribution in [2.45, 2.75) is 6.54 Å². The molecule has 0 atom stereocenters. The van der Waals surface area contributed by atoms with E-state index in [9.17, 15) is 0 Å². The molecule has 0 amide bonds. The predicted molar refractivity (Wildman–Crippen MR) is 104 cm³/mol. The van der Waals surface area contributed by atoms with Crippen LogP contribution in [0.4, 0.5) is 0 Å². The Morgan fingerprint density at radius 1 is 1.04 bits per heavy atom. The molecular weight excluding hydrogens is 354 g/mol. The number of hydrogen-bond acceptors (Lipinski definition) is 5. The van der Waals surface area contributed by atoms with Gasteiger partial charge in [-0.15, -0.1) is 0 Å². The maximum atomic E-state index is 5.42. The van der Waals surface area contributed by atoms with Gasteiger partial charge in [-0.1, -0.05) is 18.2 Å². The Hall–Kier alpha value is -3.94. The van der Waals surface area contributed by atoms with Gasteiger partial charge in [-0.2, -0.15) is 10.2 Å². The highest BCUT2D eigenvalue weighted by Crippen LogP contribution is 2.25. The molecule has 1 aromatic carbocycles. The average molecular weight is 371 g/mol. The van der Waals surface area contributed by atoms with Gasteiger partial charge in [0.2, 0.25) is 0 Å².